The summed E-state index contributed by atoms with van der Waals surface area (Å²) in [4.78, 5) is 15.4. The topological polar surface area (TPSA) is 64.3 Å². The molecule has 134 valence electrons. The van der Waals surface area contributed by atoms with Crippen LogP contribution in [0.2, 0.25) is 0 Å². The molecule has 0 spiro atoms. The van der Waals surface area contributed by atoms with Crippen molar-refractivity contribution in [1.82, 2.24) is 15.0 Å². The lowest BCUT2D eigenvalue weighted by Crippen LogP contribution is -2.23. The number of aromatic nitrogens is 3. The summed E-state index contributed by atoms with van der Waals surface area (Å²) in [5.41, 5.74) is 2.14. The standard InChI is InChI=1S/C20H22N4O2/c1-14-10-19(23-13-22-14)24-9-3-4-18(24)20-21-12-17(26-20)11-15-5-7-16(25-2)8-6-15/h5-8,10,12-13,18H,3-4,9,11H2,1-2H3/t18-/m0/s1. The van der Waals surface area contributed by atoms with Crippen LogP contribution in [0.1, 0.15) is 41.8 Å². The first-order valence-electron chi connectivity index (χ1n) is 8.86. The molecule has 1 atom stereocenters. The van der Waals surface area contributed by atoms with E-state index in [0.717, 1.165) is 54.7 Å². The average Bonchev–Trinajstić information content (AvgIpc) is 3.31. The van der Waals surface area contributed by atoms with Crippen LogP contribution in [-0.2, 0) is 6.42 Å². The highest BCUT2D eigenvalue weighted by Gasteiger charge is 2.31. The highest BCUT2D eigenvalue weighted by molar-refractivity contribution is 5.42. The van der Waals surface area contributed by atoms with E-state index in [4.69, 9.17) is 9.15 Å². The molecule has 1 saturated heterocycles. The minimum Gasteiger partial charge on any atom is -0.497 e. The molecular weight excluding hydrogens is 328 g/mol. The average molecular weight is 350 g/mol. The molecule has 0 unspecified atom stereocenters. The Kier molecular flexibility index (Phi) is 4.56. The second kappa shape index (κ2) is 7.15. The number of aryl methyl sites for hydroxylation is 1. The van der Waals surface area contributed by atoms with Crippen molar-refractivity contribution in [2.75, 3.05) is 18.6 Å². The molecule has 3 heterocycles. The SMILES string of the molecule is COc1ccc(Cc2cnc([C@@H]3CCCN3c3cc(C)ncn3)o2)cc1. The van der Waals surface area contributed by atoms with Crippen LogP contribution in [0.15, 0.2) is 47.3 Å². The van der Waals surface area contributed by atoms with Gasteiger partial charge in [-0.15, -0.1) is 0 Å². The van der Waals surface area contributed by atoms with E-state index in [1.807, 2.05) is 43.5 Å². The quantitative estimate of drug-likeness (QED) is 0.699. The molecule has 6 heteroatoms. The number of methoxy groups -OCH3 is 1. The van der Waals surface area contributed by atoms with Gasteiger partial charge < -0.3 is 14.1 Å². The normalized spacial score (nSPS) is 16.8. The summed E-state index contributed by atoms with van der Waals surface area (Å²) in [6.45, 7) is 2.94. The molecule has 3 aromatic rings. The maximum Gasteiger partial charge on any atom is 0.217 e. The molecule has 26 heavy (non-hydrogen) atoms. The van der Waals surface area contributed by atoms with Crippen LogP contribution in [0.3, 0.4) is 0 Å². The maximum atomic E-state index is 6.08. The van der Waals surface area contributed by atoms with E-state index < -0.39 is 0 Å². The van der Waals surface area contributed by atoms with Crippen LogP contribution in [-0.4, -0.2) is 28.6 Å². The highest BCUT2D eigenvalue weighted by Crippen LogP contribution is 2.35. The lowest BCUT2D eigenvalue weighted by atomic mass is 10.1. The number of hydrogen-bond donors (Lipinski definition) is 0. The van der Waals surface area contributed by atoms with Crippen molar-refractivity contribution in [1.29, 1.82) is 0 Å². The third-order valence-corrected chi connectivity index (χ3v) is 4.73. The molecule has 0 saturated carbocycles. The molecule has 1 fully saturated rings. The van der Waals surface area contributed by atoms with Gasteiger partial charge in [-0.3, -0.25) is 0 Å². The van der Waals surface area contributed by atoms with Crippen molar-refractivity contribution in [3.8, 4) is 5.75 Å². The lowest BCUT2D eigenvalue weighted by Gasteiger charge is -2.23. The Bertz CT molecular complexity index is 876. The Morgan fingerprint density at radius 2 is 2.04 bits per heavy atom. The van der Waals surface area contributed by atoms with E-state index in [1.54, 1.807) is 13.4 Å². The fourth-order valence-electron chi connectivity index (χ4n) is 3.40. The largest absolute Gasteiger partial charge is 0.497 e. The van der Waals surface area contributed by atoms with Crippen LogP contribution in [0.5, 0.6) is 5.75 Å². The molecule has 2 aromatic heterocycles. The molecule has 1 aliphatic heterocycles. The Morgan fingerprint density at radius 1 is 1.19 bits per heavy atom. The Hall–Kier alpha value is -2.89. The molecular formula is C20H22N4O2. The first-order valence-corrected chi connectivity index (χ1v) is 8.86. The Labute approximate surface area is 152 Å². The number of nitrogens with zero attached hydrogens (tertiary/aromatic N) is 4. The van der Waals surface area contributed by atoms with Crippen molar-refractivity contribution in [2.24, 2.45) is 0 Å². The van der Waals surface area contributed by atoms with Gasteiger partial charge in [-0.2, -0.15) is 0 Å². The van der Waals surface area contributed by atoms with Crippen LogP contribution in [0, 0.1) is 6.92 Å². The monoisotopic (exact) mass is 350 g/mol. The van der Waals surface area contributed by atoms with Gasteiger partial charge in [-0.1, -0.05) is 12.1 Å². The van der Waals surface area contributed by atoms with Crippen molar-refractivity contribution < 1.29 is 9.15 Å². The third-order valence-electron chi connectivity index (χ3n) is 4.73. The van der Waals surface area contributed by atoms with Gasteiger partial charge in [0.25, 0.3) is 0 Å². The smallest absolute Gasteiger partial charge is 0.217 e. The summed E-state index contributed by atoms with van der Waals surface area (Å²) >= 11 is 0. The summed E-state index contributed by atoms with van der Waals surface area (Å²) in [5, 5.41) is 0. The van der Waals surface area contributed by atoms with Crippen molar-refractivity contribution in [3.63, 3.8) is 0 Å². The first kappa shape index (κ1) is 16.6. The summed E-state index contributed by atoms with van der Waals surface area (Å²) in [7, 11) is 1.67. The number of benzene rings is 1. The molecule has 0 radical (unpaired) electrons. The number of oxazole rings is 1. The number of ether oxygens (including phenoxy) is 1. The molecule has 0 amide bonds. The summed E-state index contributed by atoms with van der Waals surface area (Å²) < 4.78 is 11.3. The predicted octanol–water partition coefficient (Wildman–Crippen LogP) is 3.71. The van der Waals surface area contributed by atoms with E-state index in [1.165, 1.54) is 5.56 Å². The molecule has 0 aliphatic carbocycles. The summed E-state index contributed by atoms with van der Waals surface area (Å²) in [6, 6.07) is 10.2. The van der Waals surface area contributed by atoms with Crippen LogP contribution in [0.25, 0.3) is 0 Å². The van der Waals surface area contributed by atoms with Crippen molar-refractivity contribution in [2.45, 2.75) is 32.2 Å². The number of rotatable bonds is 5. The van der Waals surface area contributed by atoms with Crippen LogP contribution >= 0.6 is 0 Å². The van der Waals surface area contributed by atoms with Gasteiger partial charge in [0.15, 0.2) is 0 Å². The molecule has 0 bridgehead atoms. The number of anilines is 1. The fourth-order valence-corrected chi connectivity index (χ4v) is 3.40. The van der Waals surface area contributed by atoms with Crippen molar-refractivity contribution in [3.05, 3.63) is 65.8 Å². The maximum absolute atomic E-state index is 6.08. The fraction of sp³-hybridized carbons (Fsp3) is 0.350. The summed E-state index contributed by atoms with van der Waals surface area (Å²) in [6.07, 6.45) is 6.29. The zero-order chi connectivity index (χ0) is 17.9. The van der Waals surface area contributed by atoms with E-state index in [9.17, 15) is 0 Å². The zero-order valence-electron chi connectivity index (χ0n) is 15.1. The van der Waals surface area contributed by atoms with Crippen LogP contribution < -0.4 is 9.64 Å². The molecule has 1 aliphatic rings. The number of hydrogen-bond acceptors (Lipinski definition) is 6. The lowest BCUT2D eigenvalue weighted by molar-refractivity contribution is 0.414. The second-order valence-electron chi connectivity index (χ2n) is 6.56. The molecule has 1 aromatic carbocycles. The molecule has 4 rings (SSSR count). The van der Waals surface area contributed by atoms with E-state index in [0.29, 0.717) is 0 Å². The van der Waals surface area contributed by atoms with E-state index in [-0.39, 0.29) is 6.04 Å². The molecule has 6 nitrogen and oxygen atoms in total. The van der Waals surface area contributed by atoms with Gasteiger partial charge in [-0.05, 0) is 37.5 Å². The Morgan fingerprint density at radius 3 is 2.81 bits per heavy atom. The van der Waals surface area contributed by atoms with E-state index in [2.05, 4.69) is 19.9 Å². The van der Waals surface area contributed by atoms with Crippen LogP contribution in [0.4, 0.5) is 5.82 Å². The summed E-state index contributed by atoms with van der Waals surface area (Å²) in [5.74, 6) is 3.43. The highest BCUT2D eigenvalue weighted by atomic mass is 16.5. The Balaban J connectivity index is 1.51. The van der Waals surface area contributed by atoms with Gasteiger partial charge in [0.2, 0.25) is 5.89 Å². The minimum atomic E-state index is 0.133. The van der Waals surface area contributed by atoms with Gasteiger partial charge in [0, 0.05) is 24.7 Å². The zero-order valence-corrected chi connectivity index (χ0v) is 15.1. The van der Waals surface area contributed by atoms with E-state index >= 15 is 0 Å². The third kappa shape index (κ3) is 3.40. The van der Waals surface area contributed by atoms with Gasteiger partial charge in [0.05, 0.1) is 13.3 Å². The second-order valence-corrected chi connectivity index (χ2v) is 6.56. The first-order chi connectivity index (χ1) is 12.7. The minimum absolute atomic E-state index is 0.133. The van der Waals surface area contributed by atoms with Gasteiger partial charge in [-0.25, -0.2) is 15.0 Å². The van der Waals surface area contributed by atoms with Crippen molar-refractivity contribution >= 4 is 5.82 Å². The predicted molar refractivity (Wildman–Crippen MR) is 98.4 cm³/mol. The molecule has 0 N–H and O–H groups in total. The van der Waals surface area contributed by atoms with Gasteiger partial charge >= 0.3 is 0 Å². The van der Waals surface area contributed by atoms with Gasteiger partial charge in [0.1, 0.15) is 29.7 Å².